The summed E-state index contributed by atoms with van der Waals surface area (Å²) >= 11 is 0. The topological polar surface area (TPSA) is 61.5 Å². The highest BCUT2D eigenvalue weighted by molar-refractivity contribution is 5.65. The zero-order valence-corrected chi connectivity index (χ0v) is 14.8. The summed E-state index contributed by atoms with van der Waals surface area (Å²) in [5.74, 6) is -0.237. The largest absolute Gasteiger partial charge is 0.465 e. The van der Waals surface area contributed by atoms with Crippen LogP contribution in [0.25, 0.3) is 0 Å². The highest BCUT2D eigenvalue weighted by atomic mass is 16.5. The first-order chi connectivity index (χ1) is 10.0. The predicted octanol–water partition coefficient (Wildman–Crippen LogP) is 3.91. The van der Waals surface area contributed by atoms with Gasteiger partial charge in [0.25, 0.3) is 0 Å². The molecule has 0 aliphatic carbocycles. The van der Waals surface area contributed by atoms with Crippen LogP contribution in [0.1, 0.15) is 41.5 Å². The first-order valence-corrected chi connectivity index (χ1v) is 7.53. The van der Waals surface area contributed by atoms with Crippen LogP contribution in [0, 0.1) is 10.8 Å². The minimum Gasteiger partial charge on any atom is -0.465 e. The molecule has 0 unspecified atom stereocenters. The Morgan fingerprint density at radius 1 is 1.00 bits per heavy atom. The number of ether oxygens (including phenoxy) is 2. The van der Waals surface area contributed by atoms with Crippen LogP contribution in [0.15, 0.2) is 30.3 Å². The van der Waals surface area contributed by atoms with Gasteiger partial charge >= 0.3 is 5.97 Å². The second kappa shape index (κ2) is 9.46. The number of carbonyl (C=O) groups excluding carboxylic acids is 1. The summed E-state index contributed by atoms with van der Waals surface area (Å²) in [6.07, 6.45) is 0. The standard InChI is InChI=1S/C12H24O3.C6H7N/c1-10(13)15-9-12(5,6)8-14-7-11(2,3)4;7-6-4-2-1-3-5-6/h7-9H2,1-6H3;1-5H,7H2. The maximum absolute atomic E-state index is 10.7. The summed E-state index contributed by atoms with van der Waals surface area (Å²) in [5.41, 5.74) is 6.24. The van der Waals surface area contributed by atoms with Crippen molar-refractivity contribution in [3.05, 3.63) is 30.3 Å². The van der Waals surface area contributed by atoms with Gasteiger partial charge in [-0.05, 0) is 17.5 Å². The molecule has 0 radical (unpaired) electrons. The van der Waals surface area contributed by atoms with E-state index in [1.165, 1.54) is 6.92 Å². The van der Waals surface area contributed by atoms with E-state index in [-0.39, 0.29) is 16.8 Å². The number of hydrogen-bond acceptors (Lipinski definition) is 4. The zero-order valence-electron chi connectivity index (χ0n) is 14.8. The number of anilines is 1. The molecule has 2 N–H and O–H groups in total. The molecule has 4 nitrogen and oxygen atoms in total. The molecular weight excluding hydrogens is 278 g/mol. The molecule has 0 saturated carbocycles. The molecule has 126 valence electrons. The third-order valence-corrected chi connectivity index (χ3v) is 2.49. The number of benzene rings is 1. The monoisotopic (exact) mass is 309 g/mol. The van der Waals surface area contributed by atoms with E-state index in [2.05, 4.69) is 20.8 Å². The van der Waals surface area contributed by atoms with Gasteiger partial charge in [-0.25, -0.2) is 0 Å². The third kappa shape index (κ3) is 13.4. The zero-order chi connectivity index (χ0) is 17.2. The van der Waals surface area contributed by atoms with E-state index in [0.717, 1.165) is 12.3 Å². The first-order valence-electron chi connectivity index (χ1n) is 7.53. The van der Waals surface area contributed by atoms with Crippen LogP contribution in [-0.2, 0) is 14.3 Å². The van der Waals surface area contributed by atoms with Gasteiger partial charge in [-0.15, -0.1) is 0 Å². The summed E-state index contributed by atoms with van der Waals surface area (Å²) < 4.78 is 10.6. The van der Waals surface area contributed by atoms with Crippen molar-refractivity contribution in [3.8, 4) is 0 Å². The summed E-state index contributed by atoms with van der Waals surface area (Å²) in [6.45, 7) is 13.6. The van der Waals surface area contributed by atoms with Gasteiger partial charge in [0.2, 0.25) is 0 Å². The average Bonchev–Trinajstić information content (AvgIpc) is 2.36. The van der Waals surface area contributed by atoms with E-state index in [4.69, 9.17) is 15.2 Å². The molecule has 22 heavy (non-hydrogen) atoms. The van der Waals surface area contributed by atoms with E-state index in [1.54, 1.807) is 0 Å². The number of nitrogen functional groups attached to an aromatic ring is 1. The van der Waals surface area contributed by atoms with Crippen molar-refractivity contribution >= 4 is 11.7 Å². The molecule has 0 heterocycles. The van der Waals surface area contributed by atoms with Crippen molar-refractivity contribution in [1.82, 2.24) is 0 Å². The van der Waals surface area contributed by atoms with Crippen molar-refractivity contribution in [3.63, 3.8) is 0 Å². The van der Waals surface area contributed by atoms with Gasteiger partial charge in [0.1, 0.15) is 0 Å². The Morgan fingerprint density at radius 2 is 1.55 bits per heavy atom. The van der Waals surface area contributed by atoms with E-state index < -0.39 is 0 Å². The number of carbonyl (C=O) groups is 1. The Kier molecular flexibility index (Phi) is 8.80. The van der Waals surface area contributed by atoms with Crippen LogP contribution in [0.2, 0.25) is 0 Å². The maximum atomic E-state index is 10.7. The van der Waals surface area contributed by atoms with Crippen molar-refractivity contribution in [2.24, 2.45) is 10.8 Å². The Morgan fingerprint density at radius 3 is 1.91 bits per heavy atom. The summed E-state index contributed by atoms with van der Waals surface area (Å²) in [5, 5.41) is 0. The molecular formula is C18H31NO3. The lowest BCUT2D eigenvalue weighted by molar-refractivity contribution is -0.145. The minimum atomic E-state index is -0.237. The molecule has 0 atom stereocenters. The molecule has 0 spiro atoms. The molecule has 0 bridgehead atoms. The van der Waals surface area contributed by atoms with Gasteiger partial charge in [0, 0.05) is 18.0 Å². The smallest absolute Gasteiger partial charge is 0.302 e. The summed E-state index contributed by atoms with van der Waals surface area (Å²) in [7, 11) is 0. The Hall–Kier alpha value is -1.55. The molecule has 4 heteroatoms. The van der Waals surface area contributed by atoms with Gasteiger partial charge in [0.05, 0.1) is 19.8 Å². The fraction of sp³-hybridized carbons (Fsp3) is 0.611. The van der Waals surface area contributed by atoms with Crippen LogP contribution in [0.4, 0.5) is 5.69 Å². The number of nitrogens with two attached hydrogens (primary N) is 1. The van der Waals surface area contributed by atoms with Crippen LogP contribution < -0.4 is 5.73 Å². The normalized spacial score (nSPS) is 11.4. The van der Waals surface area contributed by atoms with Gasteiger partial charge in [-0.2, -0.15) is 0 Å². The SMILES string of the molecule is CC(=O)OCC(C)(C)COCC(C)(C)C.Nc1ccccc1. The van der Waals surface area contributed by atoms with E-state index in [9.17, 15) is 4.79 Å². The molecule has 0 aliphatic rings. The van der Waals surface area contributed by atoms with Gasteiger partial charge in [-0.3, -0.25) is 4.79 Å². The fourth-order valence-corrected chi connectivity index (χ4v) is 1.43. The third-order valence-electron chi connectivity index (χ3n) is 2.49. The second-order valence-corrected chi connectivity index (χ2v) is 7.41. The molecule has 1 aromatic carbocycles. The Bertz CT molecular complexity index is 422. The molecule has 0 fully saturated rings. The van der Waals surface area contributed by atoms with E-state index >= 15 is 0 Å². The lowest BCUT2D eigenvalue weighted by Crippen LogP contribution is -2.28. The maximum Gasteiger partial charge on any atom is 0.302 e. The van der Waals surface area contributed by atoms with Crippen molar-refractivity contribution < 1.29 is 14.3 Å². The van der Waals surface area contributed by atoms with Gasteiger partial charge in [-0.1, -0.05) is 52.8 Å². The number of rotatable bonds is 5. The van der Waals surface area contributed by atoms with Crippen LogP contribution in [0.5, 0.6) is 0 Å². The van der Waals surface area contributed by atoms with Crippen molar-refractivity contribution in [2.75, 3.05) is 25.6 Å². The highest BCUT2D eigenvalue weighted by Crippen LogP contribution is 2.19. The average molecular weight is 309 g/mol. The Balaban J connectivity index is 0.000000518. The van der Waals surface area contributed by atoms with Crippen LogP contribution in [0.3, 0.4) is 0 Å². The van der Waals surface area contributed by atoms with Gasteiger partial charge < -0.3 is 15.2 Å². The first kappa shape index (κ1) is 20.5. The Labute approximate surface area is 135 Å². The number of esters is 1. The quantitative estimate of drug-likeness (QED) is 0.662. The predicted molar refractivity (Wildman–Crippen MR) is 91.5 cm³/mol. The van der Waals surface area contributed by atoms with Crippen molar-refractivity contribution in [1.29, 1.82) is 0 Å². The molecule has 0 aromatic heterocycles. The molecule has 0 aliphatic heterocycles. The molecule has 1 rings (SSSR count). The summed E-state index contributed by atoms with van der Waals surface area (Å²) in [6, 6.07) is 9.49. The number of para-hydroxylation sites is 1. The van der Waals surface area contributed by atoms with E-state index in [0.29, 0.717) is 13.2 Å². The molecule has 0 saturated heterocycles. The highest BCUT2D eigenvalue weighted by Gasteiger charge is 2.21. The molecule has 1 aromatic rings. The van der Waals surface area contributed by atoms with Crippen LogP contribution in [-0.4, -0.2) is 25.8 Å². The van der Waals surface area contributed by atoms with E-state index in [1.807, 2.05) is 44.2 Å². The second-order valence-electron chi connectivity index (χ2n) is 7.41. The molecule has 0 amide bonds. The fourth-order valence-electron chi connectivity index (χ4n) is 1.43. The lowest BCUT2D eigenvalue weighted by atomic mass is 9.95. The minimum absolute atomic E-state index is 0.114. The van der Waals surface area contributed by atoms with Crippen molar-refractivity contribution in [2.45, 2.75) is 41.5 Å². The van der Waals surface area contributed by atoms with Crippen LogP contribution >= 0.6 is 0 Å². The summed E-state index contributed by atoms with van der Waals surface area (Å²) in [4.78, 5) is 10.7. The number of hydrogen-bond donors (Lipinski definition) is 1. The van der Waals surface area contributed by atoms with Gasteiger partial charge in [0.15, 0.2) is 0 Å². The lowest BCUT2D eigenvalue weighted by Gasteiger charge is -2.26.